The molecule has 0 spiro atoms. The lowest BCUT2D eigenvalue weighted by molar-refractivity contribution is 0.357. The third-order valence-corrected chi connectivity index (χ3v) is 5.29. The van der Waals surface area contributed by atoms with Crippen LogP contribution >= 0.6 is 0 Å². The van der Waals surface area contributed by atoms with Gasteiger partial charge < -0.3 is 14.7 Å². The number of nitrogens with zero attached hydrogens (tertiary/aromatic N) is 1. The molecule has 4 heteroatoms. The first-order valence-electron chi connectivity index (χ1n) is 9.17. The Labute approximate surface area is 155 Å². The van der Waals surface area contributed by atoms with Gasteiger partial charge in [0.2, 0.25) is 0 Å². The molecule has 0 unspecified atom stereocenters. The molecule has 2 N–H and O–H groups in total. The van der Waals surface area contributed by atoms with Gasteiger partial charge in [-0.05, 0) is 35.9 Å². The highest BCUT2D eigenvalue weighted by Crippen LogP contribution is 2.33. The van der Waals surface area contributed by atoms with Gasteiger partial charge in [0.15, 0.2) is 0 Å². The number of aromatic nitrogens is 3. The van der Waals surface area contributed by atoms with Crippen LogP contribution in [0.4, 0.5) is 0 Å². The van der Waals surface area contributed by atoms with E-state index in [-0.39, 0.29) is 0 Å². The van der Waals surface area contributed by atoms with Crippen LogP contribution in [0, 0.1) is 0 Å². The van der Waals surface area contributed by atoms with Crippen molar-refractivity contribution in [2.75, 3.05) is 6.61 Å². The first-order chi connectivity index (χ1) is 13.3. The molecule has 4 nitrogen and oxygen atoms in total. The Hall–Kier alpha value is -3.53. The molecule has 130 valence electrons. The van der Waals surface area contributed by atoms with E-state index < -0.39 is 0 Å². The maximum Gasteiger partial charge on any atom is 0.138 e. The molecular weight excluding hydrogens is 334 g/mol. The van der Waals surface area contributed by atoms with E-state index >= 15 is 0 Å². The summed E-state index contributed by atoms with van der Waals surface area (Å²) in [5, 5.41) is 1.19. The second-order valence-corrected chi connectivity index (χ2v) is 7.01. The zero-order valence-corrected chi connectivity index (χ0v) is 14.6. The predicted molar refractivity (Wildman–Crippen MR) is 108 cm³/mol. The van der Waals surface area contributed by atoms with Crippen LogP contribution in [0.1, 0.15) is 5.56 Å². The normalized spacial score (nSPS) is 13.2. The maximum atomic E-state index is 5.71. The molecule has 0 atom stereocenters. The molecule has 27 heavy (non-hydrogen) atoms. The van der Waals surface area contributed by atoms with E-state index in [1.807, 2.05) is 24.3 Å². The summed E-state index contributed by atoms with van der Waals surface area (Å²) in [5.74, 6) is 1.90. The molecule has 3 aromatic carbocycles. The summed E-state index contributed by atoms with van der Waals surface area (Å²) in [6, 6.07) is 23.2. The van der Waals surface area contributed by atoms with Gasteiger partial charge in [-0.3, -0.25) is 0 Å². The molecule has 5 aromatic rings. The van der Waals surface area contributed by atoms with Crippen LogP contribution in [0.2, 0.25) is 0 Å². The SMILES string of the molecule is c1ccc2[nH]c(-c3ccc4cc(-c5ccc6c(c5)OCC6)[nH]c4c3)nc2c1. The fraction of sp³-hybridized carbons (Fsp3) is 0.0870. The highest BCUT2D eigenvalue weighted by atomic mass is 16.5. The Morgan fingerprint density at radius 1 is 0.815 bits per heavy atom. The van der Waals surface area contributed by atoms with E-state index in [1.165, 1.54) is 10.9 Å². The average Bonchev–Trinajstić information content (AvgIpc) is 3.42. The van der Waals surface area contributed by atoms with Crippen LogP contribution in [0.3, 0.4) is 0 Å². The Kier molecular flexibility index (Phi) is 2.97. The molecule has 0 amide bonds. The molecular formula is C23H17N3O. The molecule has 0 fully saturated rings. The number of imidazole rings is 1. The van der Waals surface area contributed by atoms with Crippen LogP contribution in [0.15, 0.2) is 66.7 Å². The topological polar surface area (TPSA) is 53.7 Å². The summed E-state index contributed by atoms with van der Waals surface area (Å²) in [7, 11) is 0. The van der Waals surface area contributed by atoms with Gasteiger partial charge in [-0.15, -0.1) is 0 Å². The molecule has 0 bridgehead atoms. The number of hydrogen-bond donors (Lipinski definition) is 2. The van der Waals surface area contributed by atoms with Crippen molar-refractivity contribution in [1.29, 1.82) is 0 Å². The van der Waals surface area contributed by atoms with E-state index in [1.54, 1.807) is 0 Å². The number of aromatic amines is 2. The Morgan fingerprint density at radius 2 is 1.74 bits per heavy atom. The highest BCUT2D eigenvalue weighted by Gasteiger charge is 2.14. The number of H-pyrrole nitrogens is 2. The van der Waals surface area contributed by atoms with Gasteiger partial charge in [0.1, 0.15) is 11.6 Å². The number of fused-ring (bicyclic) bond motifs is 3. The quantitative estimate of drug-likeness (QED) is 0.453. The molecule has 0 saturated carbocycles. The molecule has 6 rings (SSSR count). The standard InChI is InChI=1S/C23H17N3O/c1-2-4-19-18(3-1)25-23(26-19)17-8-7-15-11-20(24-21(15)12-17)16-6-5-14-9-10-27-22(14)13-16/h1-8,11-13,24H,9-10H2,(H,25,26). The zero-order valence-electron chi connectivity index (χ0n) is 14.6. The van der Waals surface area contributed by atoms with Crippen molar-refractivity contribution < 1.29 is 4.74 Å². The smallest absolute Gasteiger partial charge is 0.138 e. The van der Waals surface area contributed by atoms with E-state index in [4.69, 9.17) is 9.72 Å². The van der Waals surface area contributed by atoms with Crippen LogP contribution in [0.5, 0.6) is 5.75 Å². The molecule has 0 saturated heterocycles. The Bertz CT molecular complexity index is 1280. The number of nitrogens with one attached hydrogen (secondary N) is 2. The second kappa shape index (κ2) is 5.48. The first kappa shape index (κ1) is 14.6. The van der Waals surface area contributed by atoms with Crippen molar-refractivity contribution in [3.8, 4) is 28.4 Å². The predicted octanol–water partition coefficient (Wildman–Crippen LogP) is 5.31. The van der Waals surface area contributed by atoms with Gasteiger partial charge in [0.05, 0.1) is 17.6 Å². The van der Waals surface area contributed by atoms with Crippen molar-refractivity contribution >= 4 is 21.9 Å². The Balaban J connectivity index is 1.43. The molecule has 3 heterocycles. The number of para-hydroxylation sites is 2. The highest BCUT2D eigenvalue weighted by molar-refractivity contribution is 5.90. The molecule has 1 aliphatic rings. The number of hydrogen-bond acceptors (Lipinski definition) is 2. The van der Waals surface area contributed by atoms with E-state index in [0.29, 0.717) is 0 Å². The minimum absolute atomic E-state index is 0.784. The van der Waals surface area contributed by atoms with Crippen molar-refractivity contribution in [2.45, 2.75) is 6.42 Å². The van der Waals surface area contributed by atoms with Gasteiger partial charge in [-0.1, -0.05) is 36.4 Å². The lowest BCUT2D eigenvalue weighted by atomic mass is 10.1. The van der Waals surface area contributed by atoms with E-state index in [9.17, 15) is 0 Å². The molecule has 1 aliphatic heterocycles. The average molecular weight is 351 g/mol. The zero-order chi connectivity index (χ0) is 17.8. The monoisotopic (exact) mass is 351 g/mol. The fourth-order valence-corrected chi connectivity index (χ4v) is 3.85. The van der Waals surface area contributed by atoms with Gasteiger partial charge in [-0.2, -0.15) is 0 Å². The summed E-state index contributed by atoms with van der Waals surface area (Å²) in [6.45, 7) is 0.784. The summed E-state index contributed by atoms with van der Waals surface area (Å²) < 4.78 is 5.71. The van der Waals surface area contributed by atoms with Crippen LogP contribution in [-0.2, 0) is 6.42 Å². The largest absolute Gasteiger partial charge is 0.493 e. The van der Waals surface area contributed by atoms with E-state index in [2.05, 4.69) is 52.4 Å². The van der Waals surface area contributed by atoms with Gasteiger partial charge in [0.25, 0.3) is 0 Å². The fourth-order valence-electron chi connectivity index (χ4n) is 3.85. The molecule has 0 radical (unpaired) electrons. The second-order valence-electron chi connectivity index (χ2n) is 7.01. The number of rotatable bonds is 2. The minimum atomic E-state index is 0.784. The van der Waals surface area contributed by atoms with Gasteiger partial charge >= 0.3 is 0 Å². The van der Waals surface area contributed by atoms with Crippen molar-refractivity contribution in [3.63, 3.8) is 0 Å². The van der Waals surface area contributed by atoms with E-state index in [0.717, 1.165) is 58.0 Å². The van der Waals surface area contributed by atoms with Crippen molar-refractivity contribution in [1.82, 2.24) is 15.0 Å². The van der Waals surface area contributed by atoms with Crippen molar-refractivity contribution in [2.24, 2.45) is 0 Å². The van der Waals surface area contributed by atoms with Crippen LogP contribution in [-0.4, -0.2) is 21.6 Å². The summed E-state index contributed by atoms with van der Waals surface area (Å²) >= 11 is 0. The maximum absolute atomic E-state index is 5.71. The molecule has 0 aliphatic carbocycles. The lowest BCUT2D eigenvalue weighted by Gasteiger charge is -2.02. The van der Waals surface area contributed by atoms with Crippen LogP contribution < -0.4 is 4.74 Å². The Morgan fingerprint density at radius 3 is 2.70 bits per heavy atom. The summed E-state index contributed by atoms with van der Waals surface area (Å²) in [4.78, 5) is 11.7. The summed E-state index contributed by atoms with van der Waals surface area (Å²) in [5.41, 5.74) is 7.76. The number of ether oxygens (including phenoxy) is 1. The first-order valence-corrected chi connectivity index (χ1v) is 9.17. The molecule has 2 aromatic heterocycles. The third-order valence-electron chi connectivity index (χ3n) is 5.29. The lowest BCUT2D eigenvalue weighted by Crippen LogP contribution is -1.86. The van der Waals surface area contributed by atoms with Crippen LogP contribution in [0.25, 0.3) is 44.6 Å². The van der Waals surface area contributed by atoms with Gasteiger partial charge in [-0.25, -0.2) is 4.98 Å². The summed E-state index contributed by atoms with van der Waals surface area (Å²) in [6.07, 6.45) is 1.00. The van der Waals surface area contributed by atoms with Crippen molar-refractivity contribution in [3.05, 3.63) is 72.3 Å². The minimum Gasteiger partial charge on any atom is -0.493 e. The third kappa shape index (κ3) is 2.34. The number of benzene rings is 3. The van der Waals surface area contributed by atoms with Gasteiger partial charge in [0, 0.05) is 34.1 Å².